The first-order valence-corrected chi connectivity index (χ1v) is 12.2. The van der Waals surface area contributed by atoms with Crippen molar-refractivity contribution in [3.8, 4) is 5.75 Å². The number of hydrogen-bond acceptors (Lipinski definition) is 5. The zero-order valence-electron chi connectivity index (χ0n) is 19.8. The van der Waals surface area contributed by atoms with Crippen molar-refractivity contribution in [2.24, 2.45) is 11.1 Å². The van der Waals surface area contributed by atoms with E-state index in [1.807, 2.05) is 26.0 Å². The van der Waals surface area contributed by atoms with Crippen molar-refractivity contribution in [3.63, 3.8) is 0 Å². The molecule has 1 amide bonds. The monoisotopic (exact) mass is 457 g/mol. The second-order valence-corrected chi connectivity index (χ2v) is 10.8. The molecule has 1 aliphatic rings. The molecule has 174 valence electrons. The van der Waals surface area contributed by atoms with E-state index in [1.165, 1.54) is 16.0 Å². The number of benzene rings is 1. The number of aryl methyl sites for hydroxylation is 4. The molecule has 1 aromatic carbocycles. The summed E-state index contributed by atoms with van der Waals surface area (Å²) in [4.78, 5) is 26.5. The fourth-order valence-electron chi connectivity index (χ4n) is 4.59. The number of amides is 1. The van der Waals surface area contributed by atoms with Crippen molar-refractivity contribution in [2.75, 3.05) is 6.61 Å². The Labute approximate surface area is 195 Å². The molecule has 0 spiro atoms. The van der Waals surface area contributed by atoms with E-state index in [1.54, 1.807) is 11.3 Å². The Morgan fingerprint density at radius 1 is 1.22 bits per heavy atom. The summed E-state index contributed by atoms with van der Waals surface area (Å²) in [5.74, 6) is 0.0785. The Balaban J connectivity index is 1.70. The summed E-state index contributed by atoms with van der Waals surface area (Å²) in [6, 6.07) is 4.02. The van der Waals surface area contributed by atoms with Crippen molar-refractivity contribution in [1.29, 1.82) is 0 Å². The van der Waals surface area contributed by atoms with Crippen LogP contribution in [0.1, 0.15) is 76.0 Å². The molecule has 32 heavy (non-hydrogen) atoms. The first-order chi connectivity index (χ1) is 15.0. The molecule has 5 nitrogen and oxygen atoms in total. The molecule has 6 heteroatoms. The number of aliphatic hydroxyl groups is 1. The second-order valence-electron chi connectivity index (χ2n) is 9.72. The van der Waals surface area contributed by atoms with Gasteiger partial charge in [0.05, 0.1) is 4.88 Å². The molecule has 0 saturated heterocycles. The lowest BCUT2D eigenvalue weighted by Crippen LogP contribution is -2.33. The van der Waals surface area contributed by atoms with Crippen LogP contribution >= 0.6 is 11.3 Å². The molecule has 1 aliphatic carbocycles. The van der Waals surface area contributed by atoms with Gasteiger partial charge in [-0.1, -0.05) is 32.9 Å². The van der Waals surface area contributed by atoms with Gasteiger partial charge in [-0.05, 0) is 79.2 Å². The first-order valence-electron chi connectivity index (χ1n) is 11.4. The Kier molecular flexibility index (Phi) is 7.46. The number of carbonyl (C=O) groups is 2. The Morgan fingerprint density at radius 3 is 2.47 bits per heavy atom. The molecule has 1 heterocycles. The third-order valence-corrected chi connectivity index (χ3v) is 7.82. The van der Waals surface area contributed by atoms with Gasteiger partial charge in [0, 0.05) is 11.3 Å². The number of primary amides is 1. The summed E-state index contributed by atoms with van der Waals surface area (Å²) in [6.07, 6.45) is 4.01. The van der Waals surface area contributed by atoms with Crippen LogP contribution in [0.2, 0.25) is 0 Å². The predicted octanol–water partition coefficient (Wildman–Crippen LogP) is 4.48. The Morgan fingerprint density at radius 2 is 1.88 bits per heavy atom. The largest absolute Gasteiger partial charge is 0.490 e. The highest BCUT2D eigenvalue weighted by molar-refractivity contribution is 7.14. The zero-order chi connectivity index (χ0) is 23.6. The Hall–Kier alpha value is -2.18. The second kappa shape index (κ2) is 9.75. The lowest BCUT2D eigenvalue weighted by Gasteiger charge is -2.30. The van der Waals surface area contributed by atoms with E-state index in [0.717, 1.165) is 47.3 Å². The number of rotatable bonds is 9. The van der Waals surface area contributed by atoms with E-state index in [2.05, 4.69) is 20.8 Å². The van der Waals surface area contributed by atoms with E-state index in [9.17, 15) is 14.7 Å². The van der Waals surface area contributed by atoms with Crippen LogP contribution in [-0.2, 0) is 30.5 Å². The van der Waals surface area contributed by atoms with Crippen molar-refractivity contribution >= 4 is 23.0 Å². The van der Waals surface area contributed by atoms with Crippen LogP contribution < -0.4 is 10.5 Å². The molecule has 1 unspecified atom stereocenters. The number of Topliss-reactive ketones (excluding diaryl/α,β-unsaturated/α-hetero) is 1. The third-order valence-electron chi connectivity index (χ3n) is 6.36. The van der Waals surface area contributed by atoms with Gasteiger partial charge in [0.1, 0.15) is 12.4 Å². The molecule has 1 aromatic heterocycles. The van der Waals surface area contributed by atoms with Crippen LogP contribution in [0.15, 0.2) is 12.1 Å². The summed E-state index contributed by atoms with van der Waals surface area (Å²) in [5, 5.41) is 9.57. The maximum absolute atomic E-state index is 13.2. The maximum atomic E-state index is 13.2. The summed E-state index contributed by atoms with van der Waals surface area (Å²) in [6.45, 7) is 10.5. The minimum atomic E-state index is -1.33. The Bertz CT molecular complexity index is 998. The average molecular weight is 458 g/mol. The predicted molar refractivity (Wildman–Crippen MR) is 129 cm³/mol. The maximum Gasteiger partial charge on any atom is 0.249 e. The van der Waals surface area contributed by atoms with Gasteiger partial charge in [-0.25, -0.2) is 0 Å². The summed E-state index contributed by atoms with van der Waals surface area (Å²) >= 11 is 1.71. The molecule has 0 fully saturated rings. The average Bonchev–Trinajstić information content (AvgIpc) is 3.07. The molecular weight excluding hydrogens is 422 g/mol. The number of aliphatic hydroxyl groups excluding tert-OH is 1. The number of thiophene rings is 1. The minimum Gasteiger partial charge on any atom is -0.490 e. The van der Waals surface area contributed by atoms with Crippen molar-refractivity contribution < 1.29 is 19.4 Å². The van der Waals surface area contributed by atoms with Crippen molar-refractivity contribution in [1.82, 2.24) is 0 Å². The van der Waals surface area contributed by atoms with Crippen LogP contribution in [0, 0.1) is 19.3 Å². The van der Waals surface area contributed by atoms with E-state index in [4.69, 9.17) is 10.5 Å². The van der Waals surface area contributed by atoms with E-state index in [-0.39, 0.29) is 12.4 Å². The zero-order valence-corrected chi connectivity index (χ0v) is 20.7. The third kappa shape index (κ3) is 5.41. The normalized spacial score (nSPS) is 15.8. The molecule has 3 N–H and O–H groups in total. The summed E-state index contributed by atoms with van der Waals surface area (Å²) < 4.78 is 5.62. The van der Waals surface area contributed by atoms with Gasteiger partial charge in [0.2, 0.25) is 5.91 Å². The van der Waals surface area contributed by atoms with E-state index >= 15 is 0 Å². The molecule has 0 bridgehead atoms. The van der Waals surface area contributed by atoms with Gasteiger partial charge in [-0.2, -0.15) is 0 Å². The quantitative estimate of drug-likeness (QED) is 0.543. The van der Waals surface area contributed by atoms with Gasteiger partial charge >= 0.3 is 0 Å². The molecule has 2 aromatic rings. The van der Waals surface area contributed by atoms with Gasteiger partial charge in [0.25, 0.3) is 0 Å². The number of hydrogen-bond donors (Lipinski definition) is 2. The number of carbonyl (C=O) groups excluding carboxylic acids is 2. The van der Waals surface area contributed by atoms with Gasteiger partial charge < -0.3 is 15.6 Å². The van der Waals surface area contributed by atoms with Crippen LogP contribution in [0.3, 0.4) is 0 Å². The molecular formula is C26H35NO4S. The number of fused-ring (bicyclic) bond motifs is 1. The smallest absolute Gasteiger partial charge is 0.249 e. The SMILES string of the molecule is CCc1sc(C(=O)CCc2cc(C)c(OCC(O)C(N)=O)c(C)c2)c2c1CC(C)(C)CC2. The standard InChI is InChI=1S/C26H35NO4S/c1-6-22-19-13-26(4,5)10-9-18(19)24(32-22)20(28)8-7-17-11-15(2)23(16(3)12-17)31-14-21(29)25(27)30/h11-12,21,29H,6-10,13-14H2,1-5H3,(H2,27,30). The number of ketones is 1. The molecule has 0 aliphatic heterocycles. The van der Waals surface area contributed by atoms with Gasteiger partial charge in [-0.15, -0.1) is 11.3 Å². The summed E-state index contributed by atoms with van der Waals surface area (Å²) in [7, 11) is 0. The number of ether oxygens (including phenoxy) is 1. The van der Waals surface area contributed by atoms with Gasteiger partial charge in [0.15, 0.2) is 11.9 Å². The van der Waals surface area contributed by atoms with E-state index in [0.29, 0.717) is 24.0 Å². The fraction of sp³-hybridized carbons (Fsp3) is 0.538. The molecule has 0 saturated carbocycles. The highest BCUT2D eigenvalue weighted by Crippen LogP contribution is 2.42. The van der Waals surface area contributed by atoms with Crippen LogP contribution in [0.25, 0.3) is 0 Å². The molecule has 3 rings (SSSR count). The van der Waals surface area contributed by atoms with Crippen molar-refractivity contribution in [2.45, 2.75) is 79.2 Å². The molecule has 1 atom stereocenters. The highest BCUT2D eigenvalue weighted by Gasteiger charge is 2.31. The van der Waals surface area contributed by atoms with Crippen molar-refractivity contribution in [3.05, 3.63) is 49.7 Å². The number of nitrogens with two attached hydrogens (primary N) is 1. The van der Waals surface area contributed by atoms with Crippen LogP contribution in [0.4, 0.5) is 0 Å². The molecule has 0 radical (unpaired) electrons. The van der Waals surface area contributed by atoms with E-state index < -0.39 is 12.0 Å². The topological polar surface area (TPSA) is 89.6 Å². The first kappa shape index (κ1) is 24.5. The van der Waals surface area contributed by atoms with Gasteiger partial charge in [-0.3, -0.25) is 9.59 Å². The minimum absolute atomic E-state index is 0.172. The lowest BCUT2D eigenvalue weighted by atomic mass is 9.74. The lowest BCUT2D eigenvalue weighted by molar-refractivity contribution is -0.127. The summed E-state index contributed by atoms with van der Waals surface area (Å²) in [5.41, 5.74) is 11.0. The fourth-order valence-corrected chi connectivity index (χ4v) is 5.86. The highest BCUT2D eigenvalue weighted by atomic mass is 32.1. The van der Waals surface area contributed by atoms with Crippen LogP contribution in [0.5, 0.6) is 5.75 Å². The van der Waals surface area contributed by atoms with Crippen LogP contribution in [-0.4, -0.2) is 29.5 Å².